The number of thiophene rings is 3. The number of benzene rings is 9. The van der Waals surface area contributed by atoms with Crippen molar-refractivity contribution in [3.63, 3.8) is 0 Å². The van der Waals surface area contributed by atoms with Crippen molar-refractivity contribution in [2.45, 2.75) is 34.1 Å². The minimum absolute atomic E-state index is 0. The van der Waals surface area contributed by atoms with E-state index in [1.54, 1.807) is 118 Å². The zero-order chi connectivity index (χ0) is 94.0. The molecule has 21 nitrogen and oxygen atoms in total. The number of aromatic nitrogens is 13. The Morgan fingerprint density at radius 2 is 0.893 bits per heavy atom. The molecule has 1 aliphatic rings. The summed E-state index contributed by atoms with van der Waals surface area (Å²) in [7, 11) is 4.79. The normalized spacial score (nSPS) is 11.3. The summed E-state index contributed by atoms with van der Waals surface area (Å²) in [5, 5.41) is 41.0. The first kappa shape index (κ1) is 104. The van der Waals surface area contributed by atoms with Crippen molar-refractivity contribution in [1.82, 2.24) is 65.0 Å². The number of rotatable bonds is 13. The number of carbonyl (C=O) groups excluding carboxylic acids is 1. The zero-order valence-electron chi connectivity index (χ0n) is 76.2. The standard InChI is InChI=1S/C18H17N2O3.C16H20N2O2.C16H9N2.C15H9N4.3C13H8NS.C8H6N3.4Ir/c1-21-16-9-12(10-17(22-2)18(16)23-3)13-8-15(20-11-13)14-6-4-5-7-19-14;1-11-14(13(19)10-16(2,3)4)15(20)18(17-11)12-8-6-5-7-9-12;1-3-7-13-11(5-1)12-6-2-4-8-14(12)16-15(13)17-9-10-18-16;16-10-11-4-6-12(7-5-11)14-9-15(19-18-14)13-3-1-2-8-17-13;3*1-2-7-12-10(5-1)9-13(15-12)11-6-3-4-8-14-11;1-2-4-9-7(3-1)8-10-5-6-11-8;;;;/h4-11H,1-3H3;5-9,19H,10H2,1-4H3;1-7,9-10H;1-9H;3*1-8H;1-6H;;;;/q-1;;6*-1;;;;. The molecule has 0 atom stereocenters. The van der Waals surface area contributed by atoms with Gasteiger partial charge in [0.25, 0.3) is 5.91 Å². The Morgan fingerprint density at radius 1 is 0.436 bits per heavy atom. The second-order valence-electron chi connectivity index (χ2n) is 31.2. The van der Waals surface area contributed by atoms with Gasteiger partial charge in [-0.05, 0) is 166 Å². The monoisotopic (exact) mass is 2600 g/mol. The fourth-order valence-electron chi connectivity index (χ4n) is 14.3. The smallest absolute Gasteiger partial charge is 0.284 e. The number of carbonyl (C=O) groups is 1. The number of methoxy groups -OCH3 is 3. The summed E-state index contributed by atoms with van der Waals surface area (Å²) in [4.78, 5) is 62.8. The fraction of sp³-hybridized carbons (Fsp3) is 0.0804. The summed E-state index contributed by atoms with van der Waals surface area (Å²) in [5.41, 5.74) is 14.7. The molecule has 13 aromatic heterocycles. The third-order valence-corrected chi connectivity index (χ3v) is 24.0. The predicted molar refractivity (Wildman–Crippen MR) is 546 cm³/mol. The minimum atomic E-state index is -0.268. The van der Waals surface area contributed by atoms with Gasteiger partial charge < -0.3 is 64.4 Å². The molecule has 14 heterocycles. The predicted octanol–water partition coefficient (Wildman–Crippen LogP) is 25.8. The molecular formula is C112H85Ir4N16O5S3-7. The number of amides is 1. The number of fused-ring (bicyclic) bond motifs is 9. The van der Waals surface area contributed by atoms with Gasteiger partial charge in [-0.15, -0.1) is 106 Å². The van der Waals surface area contributed by atoms with E-state index in [2.05, 4.69) is 179 Å². The second-order valence-corrected chi connectivity index (χ2v) is 34.4. The Labute approximate surface area is 876 Å². The van der Waals surface area contributed by atoms with Crippen molar-refractivity contribution in [3.05, 3.63) is 413 Å². The van der Waals surface area contributed by atoms with Gasteiger partial charge in [0.2, 0.25) is 5.75 Å². The van der Waals surface area contributed by atoms with Crippen LogP contribution in [0, 0.1) is 41.0 Å². The molecule has 0 saturated carbocycles. The van der Waals surface area contributed by atoms with E-state index in [-0.39, 0.29) is 97.5 Å². The number of hydrogen-bond donors (Lipinski definition) is 1. The van der Waals surface area contributed by atoms with E-state index in [9.17, 15) is 9.90 Å². The Kier molecular flexibility index (Phi) is 38.2. The third-order valence-electron chi connectivity index (χ3n) is 20.7. The van der Waals surface area contributed by atoms with Crippen molar-refractivity contribution in [2.75, 3.05) is 26.3 Å². The molecule has 4 radical (unpaired) electrons. The van der Waals surface area contributed by atoms with Crippen LogP contribution in [0.2, 0.25) is 0 Å². The number of anilines is 1. The minimum Gasteiger partial charge on any atom is -0.662 e. The molecule has 0 bridgehead atoms. The molecule has 1 aliphatic heterocycles. The van der Waals surface area contributed by atoms with Gasteiger partial charge in [0.05, 0.1) is 55.6 Å². The maximum atomic E-state index is 12.4. The first-order valence-corrected chi connectivity index (χ1v) is 45.5. The number of aliphatic hydroxyl groups excluding tert-OH is 1. The molecule has 0 fully saturated rings. The van der Waals surface area contributed by atoms with E-state index in [1.807, 2.05) is 258 Å². The van der Waals surface area contributed by atoms with Crippen LogP contribution in [-0.4, -0.2) is 88.0 Å². The molecule has 0 spiro atoms. The van der Waals surface area contributed by atoms with Gasteiger partial charge in [-0.3, -0.25) is 24.7 Å². The molecular weight excluding hydrogens is 2510 g/mol. The van der Waals surface area contributed by atoms with Crippen LogP contribution in [0.3, 0.4) is 0 Å². The summed E-state index contributed by atoms with van der Waals surface area (Å²) in [6.07, 6.45) is 19.7. The van der Waals surface area contributed by atoms with Crippen LogP contribution in [0.25, 0.3) is 151 Å². The summed E-state index contributed by atoms with van der Waals surface area (Å²) < 4.78 is 19.9. The number of aliphatic hydroxyl groups is 1. The average Bonchev–Trinajstić information content (AvgIpc) is 1.37. The van der Waals surface area contributed by atoms with Gasteiger partial charge in [0.1, 0.15) is 11.3 Å². The quantitative estimate of drug-likeness (QED) is 0.0486. The van der Waals surface area contributed by atoms with E-state index in [0.29, 0.717) is 52.0 Å². The van der Waals surface area contributed by atoms with Crippen LogP contribution in [0.4, 0.5) is 5.69 Å². The van der Waals surface area contributed by atoms with E-state index >= 15 is 0 Å². The first-order chi connectivity index (χ1) is 66.6. The van der Waals surface area contributed by atoms with Gasteiger partial charge in [-0.25, -0.2) is 34.0 Å². The molecule has 704 valence electrons. The van der Waals surface area contributed by atoms with Crippen molar-refractivity contribution < 1.29 is 105 Å². The van der Waals surface area contributed by atoms with Gasteiger partial charge in [-0.2, -0.15) is 21.6 Å². The molecule has 23 rings (SSSR count). The van der Waals surface area contributed by atoms with Gasteiger partial charge >= 0.3 is 0 Å². The number of imidazole rings is 1. The van der Waals surface area contributed by atoms with Crippen molar-refractivity contribution in [3.8, 4) is 112 Å². The molecule has 1 amide bonds. The van der Waals surface area contributed by atoms with Crippen LogP contribution in [-0.2, 0) is 85.2 Å². The average molecular weight is 2600 g/mol. The topological polar surface area (TPSA) is 276 Å². The Balaban J connectivity index is 0.000000143. The molecule has 1 N–H and O–H groups in total. The van der Waals surface area contributed by atoms with Gasteiger partial charge in [0, 0.05) is 176 Å². The molecule has 9 aromatic carbocycles. The van der Waals surface area contributed by atoms with Gasteiger partial charge in [-0.1, -0.05) is 201 Å². The van der Waals surface area contributed by atoms with E-state index in [0.717, 1.165) is 104 Å². The first-order valence-electron chi connectivity index (χ1n) is 43.0. The van der Waals surface area contributed by atoms with Crippen LogP contribution >= 0.6 is 34.0 Å². The van der Waals surface area contributed by atoms with Gasteiger partial charge in [0.15, 0.2) is 11.5 Å². The molecule has 0 unspecified atom stereocenters. The molecule has 22 aromatic rings. The van der Waals surface area contributed by atoms with Crippen molar-refractivity contribution in [2.24, 2.45) is 10.5 Å². The van der Waals surface area contributed by atoms with Crippen LogP contribution < -0.4 is 34.3 Å². The van der Waals surface area contributed by atoms with Crippen LogP contribution in [0.15, 0.2) is 388 Å². The van der Waals surface area contributed by atoms with E-state index < -0.39 is 0 Å². The molecule has 0 aliphatic carbocycles. The molecule has 140 heavy (non-hydrogen) atoms. The second kappa shape index (κ2) is 51.2. The number of hydrazone groups is 1. The summed E-state index contributed by atoms with van der Waals surface area (Å²) in [6.45, 7) is 7.80. The summed E-state index contributed by atoms with van der Waals surface area (Å²) >= 11 is 5.20. The SMILES string of the molecule is CC1=NN(c2ccccc2)C(=O)C1=C(O)CC(C)(C)C.COc1cc(-c2c[n-]c(-c3ccccn3)c2)cc(OC)c1OC.N#Cc1ccc(-c2cc(-c3ccccn3)[n-]n2)cc1.[Ir].[Ir].[Ir].[Ir].[c-]1c(-c2ccccn2)sc2ccccc12.[c-]1c(-c2ccccn2)sc2ccccc12.[c-]1c(-c2ccccn2)sc2ccccc12.[c-]1cccc2c1c1nccnc1c1ccccc21.c1ccc(-c2ncc[n-]2)nc1. The third kappa shape index (κ3) is 26.7. The summed E-state index contributed by atoms with van der Waals surface area (Å²) in [5.74, 6) is 2.33. The maximum absolute atomic E-state index is 12.4. The summed E-state index contributed by atoms with van der Waals surface area (Å²) in [6, 6.07) is 114. The number of pyridine rings is 6. The maximum Gasteiger partial charge on any atom is 0.284 e. The van der Waals surface area contributed by atoms with Crippen molar-refractivity contribution in [1.29, 1.82) is 5.26 Å². The van der Waals surface area contributed by atoms with Crippen LogP contribution in [0.1, 0.15) is 39.7 Å². The number of ether oxygens (including phenoxy) is 3. The van der Waals surface area contributed by atoms with Crippen LogP contribution in [0.5, 0.6) is 17.2 Å². The van der Waals surface area contributed by atoms with E-state index in [1.165, 1.54) is 46.0 Å². The fourth-order valence-corrected chi connectivity index (χ4v) is 17.3. The molecule has 28 heteroatoms. The number of hydrogen-bond acceptors (Lipinski definition) is 20. The Morgan fingerprint density at radius 3 is 1.36 bits per heavy atom. The Hall–Kier alpha value is -14.5. The number of para-hydroxylation sites is 1. The number of nitrogens with zero attached hydrogens (tertiary/aromatic N) is 16. The van der Waals surface area contributed by atoms with E-state index in [4.69, 9.17) is 19.5 Å². The largest absolute Gasteiger partial charge is 0.662 e. The number of nitriles is 1. The van der Waals surface area contributed by atoms with Crippen molar-refractivity contribution >= 4 is 114 Å². The Bertz CT molecular complexity index is 7230. The zero-order valence-corrected chi connectivity index (χ0v) is 88.2. The molecule has 0 saturated heterocycles. The number of allylic oxidation sites excluding steroid dienone is 1.